The molecule has 0 atom stereocenters. The first kappa shape index (κ1) is 17.7. The van der Waals surface area contributed by atoms with Gasteiger partial charge < -0.3 is 15.7 Å². The largest absolute Gasteiger partial charge is 0.480 e. The number of hydrogen-bond donors (Lipinski definition) is 3. The summed E-state index contributed by atoms with van der Waals surface area (Å²) in [5, 5.41) is 18.0. The van der Waals surface area contributed by atoms with Gasteiger partial charge in [-0.2, -0.15) is 5.10 Å². The molecule has 0 spiro atoms. The van der Waals surface area contributed by atoms with Crippen LogP contribution in [0.2, 0.25) is 0 Å². The fourth-order valence-electron chi connectivity index (χ4n) is 2.94. The number of carboxylic acids is 1. The summed E-state index contributed by atoms with van der Waals surface area (Å²) in [5.74, 6) is -1.64. The number of aryl methyl sites for hydroxylation is 1. The fraction of sp³-hybridized carbons (Fsp3) is 0.333. The molecule has 1 aliphatic heterocycles. The monoisotopic (exact) mass is 356 g/mol. The molecule has 0 aliphatic carbocycles. The molecule has 0 unspecified atom stereocenters. The zero-order valence-electron chi connectivity index (χ0n) is 14.2. The zero-order valence-corrected chi connectivity index (χ0v) is 14.2. The Hall–Kier alpha value is -3.16. The highest BCUT2D eigenvalue weighted by molar-refractivity contribution is 6.05. The number of aromatic nitrogens is 2. The lowest BCUT2D eigenvalue weighted by Gasteiger charge is -2.14. The van der Waals surface area contributed by atoms with Crippen LogP contribution in [0.3, 0.4) is 0 Å². The highest BCUT2D eigenvalue weighted by Gasteiger charge is 2.19. The predicted octanol–water partition coefficient (Wildman–Crippen LogP) is 1.21. The Balaban J connectivity index is 1.59. The molecule has 0 radical (unpaired) electrons. The van der Waals surface area contributed by atoms with Crippen LogP contribution in [-0.4, -0.2) is 39.2 Å². The molecule has 1 aromatic heterocycles. The molecule has 0 saturated heterocycles. The summed E-state index contributed by atoms with van der Waals surface area (Å²) in [6, 6.07) is 6.88. The number of hydrogen-bond acceptors (Lipinski definition) is 4. The van der Waals surface area contributed by atoms with Crippen molar-refractivity contribution < 1.29 is 19.5 Å². The molecular weight excluding hydrogens is 336 g/mol. The van der Waals surface area contributed by atoms with Gasteiger partial charge in [-0.05, 0) is 37.0 Å². The van der Waals surface area contributed by atoms with Crippen LogP contribution >= 0.6 is 0 Å². The third kappa shape index (κ3) is 4.27. The zero-order chi connectivity index (χ0) is 18.5. The Morgan fingerprint density at radius 3 is 2.65 bits per heavy atom. The number of anilines is 1. The minimum Gasteiger partial charge on any atom is -0.480 e. The van der Waals surface area contributed by atoms with Crippen LogP contribution in [0.1, 0.15) is 34.5 Å². The smallest absolute Gasteiger partial charge is 0.322 e. The maximum absolute atomic E-state index is 12.5. The number of amides is 2. The normalized spacial score (nSPS) is 12.9. The molecule has 3 N–H and O–H groups in total. The highest BCUT2D eigenvalue weighted by atomic mass is 16.4. The summed E-state index contributed by atoms with van der Waals surface area (Å²) >= 11 is 0. The molecule has 0 fully saturated rings. The lowest BCUT2D eigenvalue weighted by atomic mass is 10.1. The third-order valence-electron chi connectivity index (χ3n) is 4.24. The second kappa shape index (κ2) is 7.81. The van der Waals surface area contributed by atoms with E-state index in [-0.39, 0.29) is 18.2 Å². The van der Waals surface area contributed by atoms with Crippen LogP contribution in [0.25, 0.3) is 0 Å². The van der Waals surface area contributed by atoms with Crippen molar-refractivity contribution in [1.82, 2.24) is 15.1 Å². The minimum absolute atomic E-state index is 0.0818. The molecule has 1 aliphatic rings. The van der Waals surface area contributed by atoms with Gasteiger partial charge in [-0.3, -0.25) is 19.1 Å². The van der Waals surface area contributed by atoms with Gasteiger partial charge in [-0.25, -0.2) is 0 Å². The molecule has 0 saturated carbocycles. The quantitative estimate of drug-likeness (QED) is 0.720. The fourth-order valence-corrected chi connectivity index (χ4v) is 2.94. The second-order valence-corrected chi connectivity index (χ2v) is 6.18. The molecule has 3 rings (SSSR count). The first-order valence-electron chi connectivity index (χ1n) is 8.46. The number of benzene rings is 1. The van der Waals surface area contributed by atoms with E-state index in [1.165, 1.54) is 0 Å². The average Bonchev–Trinajstić information content (AvgIpc) is 3.06. The number of nitrogens with one attached hydrogen (secondary N) is 2. The number of fused-ring (bicyclic) bond motifs is 1. The number of nitrogens with zero attached hydrogens (tertiary/aromatic N) is 2. The Morgan fingerprint density at radius 1 is 1.15 bits per heavy atom. The van der Waals surface area contributed by atoms with Crippen molar-refractivity contribution in [2.24, 2.45) is 0 Å². The third-order valence-corrected chi connectivity index (χ3v) is 4.24. The van der Waals surface area contributed by atoms with Gasteiger partial charge in [0, 0.05) is 12.2 Å². The van der Waals surface area contributed by atoms with Crippen molar-refractivity contribution in [1.29, 1.82) is 0 Å². The van der Waals surface area contributed by atoms with Gasteiger partial charge in [0.1, 0.15) is 6.54 Å². The summed E-state index contributed by atoms with van der Waals surface area (Å²) in [6.07, 6.45) is 4.69. The van der Waals surface area contributed by atoms with Crippen LogP contribution < -0.4 is 10.6 Å². The molecule has 26 heavy (non-hydrogen) atoms. The Kier molecular flexibility index (Phi) is 5.31. The lowest BCUT2D eigenvalue weighted by Crippen LogP contribution is -2.30. The van der Waals surface area contributed by atoms with E-state index >= 15 is 0 Å². The van der Waals surface area contributed by atoms with Crippen LogP contribution in [0.4, 0.5) is 5.69 Å². The SMILES string of the molecule is O=C(O)CNC(=O)Cc1ccc(NC(=O)c2cnn3c2CCCC3)cc1. The van der Waals surface area contributed by atoms with Crippen molar-refractivity contribution >= 4 is 23.5 Å². The first-order valence-corrected chi connectivity index (χ1v) is 8.46. The standard InChI is InChI=1S/C18H20N4O4/c23-16(19-11-17(24)25)9-12-4-6-13(7-5-12)21-18(26)14-10-20-22-8-2-1-3-15(14)22/h4-7,10H,1-3,8-9,11H2,(H,19,23)(H,21,26)(H,24,25). The van der Waals surface area contributed by atoms with E-state index in [2.05, 4.69) is 15.7 Å². The van der Waals surface area contributed by atoms with Gasteiger partial charge in [0.25, 0.3) is 5.91 Å². The number of carboxylic acid groups (broad SMARTS) is 1. The Labute approximate surface area is 150 Å². The number of rotatable bonds is 6. The number of carbonyl (C=O) groups excluding carboxylic acids is 2. The molecule has 8 nitrogen and oxygen atoms in total. The predicted molar refractivity (Wildman–Crippen MR) is 93.9 cm³/mol. The van der Waals surface area contributed by atoms with Gasteiger partial charge in [-0.1, -0.05) is 12.1 Å². The van der Waals surface area contributed by atoms with Crippen molar-refractivity contribution in [3.63, 3.8) is 0 Å². The summed E-state index contributed by atoms with van der Waals surface area (Å²) in [5.41, 5.74) is 2.93. The van der Waals surface area contributed by atoms with Crippen molar-refractivity contribution in [3.05, 3.63) is 47.3 Å². The van der Waals surface area contributed by atoms with Crippen molar-refractivity contribution in [2.75, 3.05) is 11.9 Å². The maximum Gasteiger partial charge on any atom is 0.322 e. The summed E-state index contributed by atoms with van der Waals surface area (Å²) in [7, 11) is 0. The van der Waals surface area contributed by atoms with Gasteiger partial charge in [0.05, 0.1) is 23.9 Å². The van der Waals surface area contributed by atoms with Crippen molar-refractivity contribution in [2.45, 2.75) is 32.2 Å². The van der Waals surface area contributed by atoms with Crippen LogP contribution in [-0.2, 0) is 29.0 Å². The first-order chi connectivity index (χ1) is 12.5. The van der Waals surface area contributed by atoms with E-state index in [0.29, 0.717) is 11.3 Å². The van der Waals surface area contributed by atoms with Gasteiger partial charge >= 0.3 is 5.97 Å². The second-order valence-electron chi connectivity index (χ2n) is 6.18. The molecule has 2 aromatic rings. The molecule has 136 valence electrons. The van der Waals surface area contributed by atoms with E-state index in [9.17, 15) is 14.4 Å². The number of carbonyl (C=O) groups is 3. The highest BCUT2D eigenvalue weighted by Crippen LogP contribution is 2.19. The van der Waals surface area contributed by atoms with Gasteiger partial charge in [0.2, 0.25) is 5.91 Å². The van der Waals surface area contributed by atoms with E-state index in [4.69, 9.17) is 5.11 Å². The lowest BCUT2D eigenvalue weighted by molar-refractivity contribution is -0.137. The van der Waals surface area contributed by atoms with E-state index in [1.807, 2.05) is 4.68 Å². The molecule has 1 aromatic carbocycles. The summed E-state index contributed by atoms with van der Waals surface area (Å²) in [4.78, 5) is 34.5. The molecular formula is C18H20N4O4. The topological polar surface area (TPSA) is 113 Å². The van der Waals surface area contributed by atoms with Crippen LogP contribution in [0, 0.1) is 0 Å². The van der Waals surface area contributed by atoms with Crippen LogP contribution in [0.5, 0.6) is 0 Å². The maximum atomic E-state index is 12.5. The molecule has 0 bridgehead atoms. The minimum atomic E-state index is -1.08. The van der Waals surface area contributed by atoms with E-state index in [1.54, 1.807) is 30.5 Å². The van der Waals surface area contributed by atoms with E-state index in [0.717, 1.165) is 37.1 Å². The molecule has 2 heterocycles. The molecule has 2 amide bonds. The Morgan fingerprint density at radius 2 is 1.92 bits per heavy atom. The number of aliphatic carboxylic acids is 1. The molecule has 8 heteroatoms. The van der Waals surface area contributed by atoms with Crippen molar-refractivity contribution in [3.8, 4) is 0 Å². The van der Waals surface area contributed by atoms with Crippen LogP contribution in [0.15, 0.2) is 30.5 Å². The summed E-state index contributed by atoms with van der Waals surface area (Å²) < 4.78 is 1.89. The average molecular weight is 356 g/mol. The van der Waals surface area contributed by atoms with Gasteiger partial charge in [0.15, 0.2) is 0 Å². The Bertz CT molecular complexity index is 826. The van der Waals surface area contributed by atoms with E-state index < -0.39 is 12.5 Å². The van der Waals surface area contributed by atoms with Gasteiger partial charge in [-0.15, -0.1) is 0 Å². The summed E-state index contributed by atoms with van der Waals surface area (Å²) in [6.45, 7) is 0.449.